The lowest BCUT2D eigenvalue weighted by Gasteiger charge is -2.06. The van der Waals surface area contributed by atoms with Crippen LogP contribution in [0.1, 0.15) is 23.4 Å². The molecular formula is C21H17ClN4OS3. The minimum Gasteiger partial charge on any atom is -0.301 e. The summed E-state index contributed by atoms with van der Waals surface area (Å²) in [5.41, 5.74) is 3.26. The quantitative estimate of drug-likeness (QED) is 0.281. The number of halogens is 1. The molecule has 5 nitrogen and oxygen atoms in total. The molecule has 1 amide bonds. The molecule has 0 unspecified atom stereocenters. The number of carbonyl (C=O) groups is 1. The van der Waals surface area contributed by atoms with Crippen LogP contribution in [-0.2, 0) is 17.6 Å². The number of hydrogen-bond donors (Lipinski definition) is 1. The highest BCUT2D eigenvalue weighted by Crippen LogP contribution is 2.38. The van der Waals surface area contributed by atoms with E-state index in [1.807, 2.05) is 24.3 Å². The second kappa shape index (κ2) is 8.63. The molecular weight excluding hydrogens is 456 g/mol. The van der Waals surface area contributed by atoms with Gasteiger partial charge in [0.05, 0.1) is 16.8 Å². The Bertz CT molecular complexity index is 1200. The molecule has 152 valence electrons. The van der Waals surface area contributed by atoms with Crippen LogP contribution in [0.2, 0.25) is 5.02 Å². The van der Waals surface area contributed by atoms with Crippen molar-refractivity contribution in [1.82, 2.24) is 15.0 Å². The summed E-state index contributed by atoms with van der Waals surface area (Å²) in [5.74, 6) is 0.202. The zero-order chi connectivity index (χ0) is 20.5. The lowest BCUT2D eigenvalue weighted by atomic mass is 10.0. The number of fused-ring (bicyclic) bond motifs is 2. The smallest absolute Gasteiger partial charge is 0.236 e. The molecule has 9 heteroatoms. The van der Waals surface area contributed by atoms with Crippen molar-refractivity contribution in [2.75, 3.05) is 11.1 Å². The number of thiazole rings is 1. The summed E-state index contributed by atoms with van der Waals surface area (Å²) in [6.07, 6.45) is 6.03. The van der Waals surface area contributed by atoms with E-state index in [1.54, 1.807) is 29.0 Å². The van der Waals surface area contributed by atoms with E-state index < -0.39 is 0 Å². The van der Waals surface area contributed by atoms with Crippen LogP contribution in [0.15, 0.2) is 41.0 Å². The zero-order valence-electron chi connectivity index (χ0n) is 15.9. The summed E-state index contributed by atoms with van der Waals surface area (Å²) in [4.78, 5) is 28.2. The van der Waals surface area contributed by atoms with Gasteiger partial charge < -0.3 is 5.32 Å². The van der Waals surface area contributed by atoms with E-state index in [4.69, 9.17) is 11.6 Å². The Balaban J connectivity index is 1.34. The normalized spacial score (nSPS) is 13.4. The van der Waals surface area contributed by atoms with E-state index in [0.29, 0.717) is 10.2 Å². The van der Waals surface area contributed by atoms with Crippen LogP contribution in [0.3, 0.4) is 0 Å². The number of nitrogens with one attached hydrogen (secondary N) is 1. The second-order valence-electron chi connectivity index (χ2n) is 6.95. The fraction of sp³-hybridized carbons (Fsp3) is 0.238. The Kier molecular flexibility index (Phi) is 5.73. The third-order valence-corrected chi connectivity index (χ3v) is 8.12. The highest BCUT2D eigenvalue weighted by Gasteiger charge is 2.18. The number of nitrogens with zero attached hydrogens (tertiary/aromatic N) is 3. The number of amides is 1. The SMILES string of the molecule is O=C(CSc1ncnc2scc(-c3ccc(Cl)cc3)c12)Nc1nc2c(s1)CCCC2. The van der Waals surface area contributed by atoms with Crippen LogP contribution in [0, 0.1) is 0 Å². The fourth-order valence-electron chi connectivity index (χ4n) is 3.49. The maximum absolute atomic E-state index is 12.5. The number of aryl methyl sites for hydroxylation is 2. The van der Waals surface area contributed by atoms with Crippen LogP contribution < -0.4 is 5.32 Å². The molecule has 1 aliphatic rings. The average Bonchev–Trinajstić information content (AvgIpc) is 3.36. The third-order valence-electron chi connectivity index (χ3n) is 4.92. The predicted octanol–water partition coefficient (Wildman–Crippen LogP) is 6.08. The van der Waals surface area contributed by atoms with Gasteiger partial charge in [0.2, 0.25) is 5.91 Å². The van der Waals surface area contributed by atoms with Crippen LogP contribution >= 0.6 is 46.0 Å². The van der Waals surface area contributed by atoms with Crippen LogP contribution in [0.4, 0.5) is 5.13 Å². The van der Waals surface area contributed by atoms with Gasteiger partial charge in [-0.05, 0) is 43.4 Å². The molecule has 30 heavy (non-hydrogen) atoms. The van der Waals surface area contributed by atoms with Gasteiger partial charge in [0.15, 0.2) is 5.13 Å². The summed E-state index contributed by atoms with van der Waals surface area (Å²) in [6, 6.07) is 7.72. The number of thioether (sulfide) groups is 1. The first kappa shape index (κ1) is 19.9. The first-order valence-electron chi connectivity index (χ1n) is 9.57. The Morgan fingerprint density at radius 2 is 2.00 bits per heavy atom. The molecule has 3 aromatic heterocycles. The highest BCUT2D eigenvalue weighted by atomic mass is 35.5. The minimum atomic E-state index is -0.0684. The van der Waals surface area contributed by atoms with E-state index >= 15 is 0 Å². The summed E-state index contributed by atoms with van der Waals surface area (Å²) in [5, 5.41) is 8.22. The molecule has 4 aromatic rings. The van der Waals surface area contributed by atoms with E-state index in [2.05, 4.69) is 25.6 Å². The standard InChI is InChI=1S/C21H17ClN4OS3/c22-13-7-5-12(6-8-13)14-9-28-19-18(14)20(24-11-23-19)29-10-17(27)26-21-25-15-3-1-2-4-16(15)30-21/h5-9,11H,1-4,10H2,(H,25,26,27). The number of benzene rings is 1. The first-order valence-corrected chi connectivity index (χ1v) is 12.6. The van der Waals surface area contributed by atoms with Gasteiger partial charge in [-0.1, -0.05) is 35.5 Å². The average molecular weight is 473 g/mol. The predicted molar refractivity (Wildman–Crippen MR) is 126 cm³/mol. The van der Waals surface area contributed by atoms with Crippen molar-refractivity contribution in [3.8, 4) is 11.1 Å². The summed E-state index contributed by atoms with van der Waals surface area (Å²) >= 11 is 10.6. The number of aromatic nitrogens is 3. The van der Waals surface area contributed by atoms with Crippen LogP contribution in [-0.4, -0.2) is 26.6 Å². The molecule has 0 fully saturated rings. The van der Waals surface area contributed by atoms with Gasteiger partial charge in [-0.15, -0.1) is 22.7 Å². The third kappa shape index (κ3) is 4.09. The minimum absolute atomic E-state index is 0.0684. The zero-order valence-corrected chi connectivity index (χ0v) is 19.1. The van der Waals surface area contributed by atoms with Gasteiger partial charge in [-0.2, -0.15) is 0 Å². The van der Waals surface area contributed by atoms with E-state index in [0.717, 1.165) is 44.9 Å². The summed E-state index contributed by atoms with van der Waals surface area (Å²) in [6.45, 7) is 0. The molecule has 0 atom stereocenters. The maximum Gasteiger partial charge on any atom is 0.236 e. The Morgan fingerprint density at radius 3 is 2.83 bits per heavy atom. The van der Waals surface area contributed by atoms with Gasteiger partial charge in [-0.25, -0.2) is 15.0 Å². The van der Waals surface area contributed by atoms with Crippen LogP contribution in [0.5, 0.6) is 0 Å². The fourth-order valence-corrected chi connectivity index (χ4v) is 6.48. The van der Waals surface area contributed by atoms with Gasteiger partial charge >= 0.3 is 0 Å². The molecule has 0 saturated carbocycles. The molecule has 3 heterocycles. The van der Waals surface area contributed by atoms with E-state index in [1.165, 1.54) is 29.5 Å². The summed E-state index contributed by atoms with van der Waals surface area (Å²) < 4.78 is 0. The summed E-state index contributed by atoms with van der Waals surface area (Å²) in [7, 11) is 0. The molecule has 0 radical (unpaired) electrons. The number of carbonyl (C=O) groups excluding carboxylic acids is 1. The second-order valence-corrected chi connectivity index (χ2v) is 10.3. The number of hydrogen-bond acceptors (Lipinski definition) is 7. The molecule has 1 aliphatic carbocycles. The van der Waals surface area contributed by atoms with Crippen molar-refractivity contribution in [2.45, 2.75) is 30.7 Å². The lowest BCUT2D eigenvalue weighted by molar-refractivity contribution is -0.113. The number of thiophene rings is 1. The number of anilines is 1. The monoisotopic (exact) mass is 472 g/mol. The Hall–Kier alpha value is -2.00. The molecule has 1 N–H and O–H groups in total. The van der Waals surface area contributed by atoms with Crippen molar-refractivity contribution < 1.29 is 4.79 Å². The largest absolute Gasteiger partial charge is 0.301 e. The van der Waals surface area contributed by atoms with Crippen LogP contribution in [0.25, 0.3) is 21.3 Å². The van der Waals surface area contributed by atoms with Crippen molar-refractivity contribution in [3.63, 3.8) is 0 Å². The number of rotatable bonds is 5. The Morgan fingerprint density at radius 1 is 1.17 bits per heavy atom. The van der Waals surface area contributed by atoms with Gasteiger partial charge in [0, 0.05) is 20.8 Å². The van der Waals surface area contributed by atoms with Crippen molar-refractivity contribution in [3.05, 3.63) is 51.6 Å². The molecule has 0 bridgehead atoms. The lowest BCUT2D eigenvalue weighted by Crippen LogP contribution is -2.14. The van der Waals surface area contributed by atoms with Gasteiger partial charge in [0.25, 0.3) is 0 Å². The van der Waals surface area contributed by atoms with Gasteiger partial charge in [-0.3, -0.25) is 4.79 Å². The first-order chi connectivity index (χ1) is 14.7. The molecule has 0 aliphatic heterocycles. The van der Waals surface area contributed by atoms with E-state index in [-0.39, 0.29) is 11.7 Å². The van der Waals surface area contributed by atoms with Crippen molar-refractivity contribution in [1.29, 1.82) is 0 Å². The topological polar surface area (TPSA) is 67.8 Å². The molecule has 0 saturated heterocycles. The highest BCUT2D eigenvalue weighted by molar-refractivity contribution is 8.00. The van der Waals surface area contributed by atoms with Gasteiger partial charge in [0.1, 0.15) is 16.2 Å². The Labute approximate surface area is 190 Å². The molecule has 1 aromatic carbocycles. The van der Waals surface area contributed by atoms with Crippen molar-refractivity contribution >= 4 is 67.3 Å². The van der Waals surface area contributed by atoms with Crippen molar-refractivity contribution in [2.24, 2.45) is 0 Å². The van der Waals surface area contributed by atoms with E-state index in [9.17, 15) is 4.79 Å². The maximum atomic E-state index is 12.5. The molecule has 0 spiro atoms. The molecule has 5 rings (SSSR count).